The Morgan fingerprint density at radius 2 is 2.05 bits per heavy atom. The van der Waals surface area contributed by atoms with Crippen LogP contribution in [-0.2, 0) is 6.42 Å². The molecule has 0 heterocycles. The van der Waals surface area contributed by atoms with Crippen LogP contribution >= 0.6 is 27.5 Å². The zero-order valence-electron chi connectivity index (χ0n) is 11.1. The van der Waals surface area contributed by atoms with Gasteiger partial charge in [0, 0.05) is 16.6 Å². The van der Waals surface area contributed by atoms with Crippen molar-refractivity contribution in [3.8, 4) is 0 Å². The normalized spacial score (nSPS) is 10.3. The van der Waals surface area contributed by atoms with E-state index in [1.807, 2.05) is 6.07 Å². The van der Waals surface area contributed by atoms with Gasteiger partial charge in [0.2, 0.25) is 0 Å². The summed E-state index contributed by atoms with van der Waals surface area (Å²) < 4.78 is 0.727. The highest BCUT2D eigenvalue weighted by molar-refractivity contribution is 9.10. The molecule has 2 aromatic rings. The number of nitrogens with one attached hydrogen (secondary N) is 1. The molecule has 0 saturated heterocycles. The number of carbonyl (C=O) groups excluding carboxylic acids is 1. The van der Waals surface area contributed by atoms with Gasteiger partial charge in [-0.25, -0.2) is 0 Å². The minimum Gasteiger partial charge on any atom is -0.352 e. The van der Waals surface area contributed by atoms with Gasteiger partial charge in [-0.15, -0.1) is 0 Å². The predicted molar refractivity (Wildman–Crippen MR) is 86.4 cm³/mol. The van der Waals surface area contributed by atoms with E-state index in [1.54, 1.807) is 18.2 Å². The first kappa shape index (κ1) is 15.1. The first-order valence-electron chi connectivity index (χ1n) is 6.35. The molecule has 0 atom stereocenters. The molecule has 0 fully saturated rings. The number of amides is 1. The van der Waals surface area contributed by atoms with Crippen LogP contribution in [0.5, 0.6) is 0 Å². The van der Waals surface area contributed by atoms with Crippen LogP contribution in [0.2, 0.25) is 5.02 Å². The largest absolute Gasteiger partial charge is 0.352 e. The van der Waals surface area contributed by atoms with Crippen LogP contribution in [0.15, 0.2) is 46.9 Å². The van der Waals surface area contributed by atoms with Gasteiger partial charge >= 0.3 is 0 Å². The van der Waals surface area contributed by atoms with Crippen molar-refractivity contribution in [1.29, 1.82) is 0 Å². The summed E-state index contributed by atoms with van der Waals surface area (Å²) >= 11 is 9.22. The molecular weight excluding hydrogens is 338 g/mol. The van der Waals surface area contributed by atoms with Gasteiger partial charge in [-0.1, -0.05) is 41.4 Å². The fourth-order valence-corrected chi connectivity index (χ4v) is 2.42. The molecule has 0 radical (unpaired) electrons. The Bertz CT molecular complexity index is 628. The van der Waals surface area contributed by atoms with Gasteiger partial charge in [-0.3, -0.25) is 4.79 Å². The maximum Gasteiger partial charge on any atom is 0.251 e. The number of halogens is 2. The molecule has 0 aromatic heterocycles. The van der Waals surface area contributed by atoms with Crippen molar-refractivity contribution in [1.82, 2.24) is 5.32 Å². The first-order valence-corrected chi connectivity index (χ1v) is 7.52. The van der Waals surface area contributed by atoms with Gasteiger partial charge in [0.1, 0.15) is 0 Å². The highest BCUT2D eigenvalue weighted by Crippen LogP contribution is 2.23. The zero-order chi connectivity index (χ0) is 14.5. The van der Waals surface area contributed by atoms with Gasteiger partial charge in [-0.05, 0) is 53.0 Å². The van der Waals surface area contributed by atoms with Gasteiger partial charge in [0.25, 0.3) is 5.91 Å². The second-order valence-corrected chi connectivity index (χ2v) is 5.89. The molecule has 0 aliphatic rings. The molecule has 20 heavy (non-hydrogen) atoms. The van der Waals surface area contributed by atoms with Gasteiger partial charge in [0.15, 0.2) is 0 Å². The molecule has 1 amide bonds. The molecule has 2 aromatic carbocycles. The Kier molecular flexibility index (Phi) is 5.21. The molecular formula is C16H15BrClNO. The van der Waals surface area contributed by atoms with Crippen LogP contribution < -0.4 is 5.32 Å². The van der Waals surface area contributed by atoms with E-state index < -0.39 is 0 Å². The van der Waals surface area contributed by atoms with Crippen molar-refractivity contribution in [2.75, 3.05) is 6.54 Å². The molecule has 0 saturated carbocycles. The number of carbonyl (C=O) groups is 1. The van der Waals surface area contributed by atoms with E-state index in [9.17, 15) is 4.79 Å². The van der Waals surface area contributed by atoms with Crippen molar-refractivity contribution >= 4 is 33.4 Å². The smallest absolute Gasteiger partial charge is 0.251 e. The molecule has 0 spiro atoms. The average Bonchev–Trinajstić information content (AvgIpc) is 2.42. The number of aryl methyl sites for hydroxylation is 1. The Balaban J connectivity index is 1.90. The van der Waals surface area contributed by atoms with E-state index >= 15 is 0 Å². The molecule has 2 rings (SSSR count). The lowest BCUT2D eigenvalue weighted by atomic mass is 10.1. The van der Waals surface area contributed by atoms with Crippen molar-refractivity contribution < 1.29 is 4.79 Å². The standard InChI is InChI=1S/C16H15BrClNO/c1-11-3-2-4-12(9-11)7-8-19-16(20)13-5-6-15(18)14(17)10-13/h2-6,9-10H,7-8H2,1H3,(H,19,20). The third-order valence-corrected chi connectivity index (χ3v) is 4.18. The van der Waals surface area contributed by atoms with Crippen LogP contribution in [-0.4, -0.2) is 12.5 Å². The van der Waals surface area contributed by atoms with Gasteiger partial charge in [0.05, 0.1) is 5.02 Å². The van der Waals surface area contributed by atoms with Crippen LogP contribution in [0.25, 0.3) is 0 Å². The third kappa shape index (κ3) is 4.09. The van der Waals surface area contributed by atoms with Crippen LogP contribution in [0, 0.1) is 6.92 Å². The van der Waals surface area contributed by atoms with Crippen LogP contribution in [0.1, 0.15) is 21.5 Å². The highest BCUT2D eigenvalue weighted by atomic mass is 79.9. The lowest BCUT2D eigenvalue weighted by molar-refractivity contribution is 0.0954. The molecule has 0 aliphatic heterocycles. The molecule has 4 heteroatoms. The fraction of sp³-hybridized carbons (Fsp3) is 0.188. The van der Waals surface area contributed by atoms with Gasteiger partial charge < -0.3 is 5.32 Å². The Morgan fingerprint density at radius 3 is 2.75 bits per heavy atom. The van der Waals surface area contributed by atoms with Crippen molar-refractivity contribution in [3.05, 3.63) is 68.7 Å². The minimum atomic E-state index is -0.0879. The topological polar surface area (TPSA) is 29.1 Å². The van der Waals surface area contributed by atoms with E-state index in [0.717, 1.165) is 10.9 Å². The maximum atomic E-state index is 12.0. The summed E-state index contributed by atoms with van der Waals surface area (Å²) in [7, 11) is 0. The highest BCUT2D eigenvalue weighted by Gasteiger charge is 2.07. The number of hydrogen-bond donors (Lipinski definition) is 1. The molecule has 104 valence electrons. The van der Waals surface area contributed by atoms with Crippen LogP contribution in [0.3, 0.4) is 0 Å². The van der Waals surface area contributed by atoms with E-state index in [-0.39, 0.29) is 5.91 Å². The van der Waals surface area contributed by atoms with E-state index in [4.69, 9.17) is 11.6 Å². The van der Waals surface area contributed by atoms with Gasteiger partial charge in [-0.2, -0.15) is 0 Å². The number of rotatable bonds is 4. The first-order chi connectivity index (χ1) is 9.56. The fourth-order valence-electron chi connectivity index (χ4n) is 1.93. The van der Waals surface area contributed by atoms with E-state index in [0.29, 0.717) is 17.1 Å². The van der Waals surface area contributed by atoms with Crippen LogP contribution in [0.4, 0.5) is 0 Å². The third-order valence-electron chi connectivity index (χ3n) is 2.96. The summed E-state index contributed by atoms with van der Waals surface area (Å²) in [4.78, 5) is 12.0. The Labute approximate surface area is 132 Å². The SMILES string of the molecule is Cc1cccc(CCNC(=O)c2ccc(Cl)c(Br)c2)c1. The van der Waals surface area contributed by atoms with Crippen molar-refractivity contribution in [2.24, 2.45) is 0 Å². The monoisotopic (exact) mass is 351 g/mol. The lowest BCUT2D eigenvalue weighted by Crippen LogP contribution is -2.25. The number of benzene rings is 2. The van der Waals surface area contributed by atoms with Crippen molar-refractivity contribution in [2.45, 2.75) is 13.3 Å². The number of hydrogen-bond acceptors (Lipinski definition) is 1. The summed E-state index contributed by atoms with van der Waals surface area (Å²) in [6.45, 7) is 2.68. The quantitative estimate of drug-likeness (QED) is 0.869. The molecule has 0 aliphatic carbocycles. The van der Waals surface area contributed by atoms with Crippen molar-refractivity contribution in [3.63, 3.8) is 0 Å². The second-order valence-electron chi connectivity index (χ2n) is 4.62. The zero-order valence-corrected chi connectivity index (χ0v) is 13.5. The predicted octanol–water partition coefficient (Wildman–Crippen LogP) is 4.38. The Morgan fingerprint density at radius 1 is 1.25 bits per heavy atom. The summed E-state index contributed by atoms with van der Waals surface area (Å²) in [5.74, 6) is -0.0879. The minimum absolute atomic E-state index is 0.0879. The Hall–Kier alpha value is -1.32. The summed E-state index contributed by atoms with van der Waals surface area (Å²) in [6.07, 6.45) is 0.822. The molecule has 1 N–H and O–H groups in total. The summed E-state index contributed by atoms with van der Waals surface area (Å²) in [5.41, 5.74) is 3.06. The molecule has 2 nitrogen and oxygen atoms in total. The summed E-state index contributed by atoms with van der Waals surface area (Å²) in [5, 5.41) is 3.51. The molecule has 0 unspecified atom stereocenters. The lowest BCUT2D eigenvalue weighted by Gasteiger charge is -2.07. The van der Waals surface area contributed by atoms with E-state index in [2.05, 4.69) is 46.4 Å². The molecule has 0 bridgehead atoms. The van der Waals surface area contributed by atoms with E-state index in [1.165, 1.54) is 11.1 Å². The second kappa shape index (κ2) is 6.91. The average molecular weight is 353 g/mol. The summed E-state index contributed by atoms with van der Waals surface area (Å²) in [6, 6.07) is 13.4. The maximum absolute atomic E-state index is 12.0.